The molecule has 0 atom stereocenters. The van der Waals surface area contributed by atoms with Gasteiger partial charge in [0.25, 0.3) is 0 Å². The predicted molar refractivity (Wildman–Crippen MR) is 107 cm³/mol. The van der Waals surface area contributed by atoms with Crippen LogP contribution in [0.5, 0.6) is 5.75 Å². The van der Waals surface area contributed by atoms with Crippen molar-refractivity contribution in [3.63, 3.8) is 0 Å². The SMILES string of the molecule is COc1cncc(-c2ccc3c(C(=O)Cc4cnn(C(C)C)c4)n[nH]c3c2)c1. The number of aromatic amines is 1. The van der Waals surface area contributed by atoms with E-state index in [-0.39, 0.29) is 18.2 Å². The number of carbonyl (C=O) groups is 1. The summed E-state index contributed by atoms with van der Waals surface area (Å²) in [5.41, 5.74) is 4.04. The number of nitrogens with zero attached hydrogens (tertiary/aromatic N) is 4. The molecule has 0 amide bonds. The summed E-state index contributed by atoms with van der Waals surface area (Å²) in [5.74, 6) is 0.658. The first-order chi connectivity index (χ1) is 13.5. The fourth-order valence-corrected chi connectivity index (χ4v) is 3.12. The molecule has 7 nitrogen and oxygen atoms in total. The molecule has 3 aromatic heterocycles. The quantitative estimate of drug-likeness (QED) is 0.518. The molecule has 7 heteroatoms. The van der Waals surface area contributed by atoms with E-state index in [1.165, 1.54) is 0 Å². The molecule has 4 aromatic rings. The lowest BCUT2D eigenvalue weighted by Crippen LogP contribution is -2.04. The van der Waals surface area contributed by atoms with Crippen LogP contribution in [-0.4, -0.2) is 37.9 Å². The van der Waals surface area contributed by atoms with Gasteiger partial charge in [-0.1, -0.05) is 6.07 Å². The number of rotatable bonds is 6. The number of ketones is 1. The average Bonchev–Trinajstić information content (AvgIpc) is 3.34. The van der Waals surface area contributed by atoms with Crippen molar-refractivity contribution in [1.82, 2.24) is 25.0 Å². The predicted octanol–water partition coefficient (Wildman–Crippen LogP) is 3.84. The highest BCUT2D eigenvalue weighted by molar-refractivity contribution is 6.07. The second-order valence-corrected chi connectivity index (χ2v) is 6.97. The van der Waals surface area contributed by atoms with Crippen LogP contribution in [0.2, 0.25) is 0 Å². The maximum Gasteiger partial charge on any atom is 0.188 e. The minimum Gasteiger partial charge on any atom is -0.495 e. The number of hydrogen-bond acceptors (Lipinski definition) is 5. The van der Waals surface area contributed by atoms with E-state index in [0.717, 1.165) is 27.6 Å². The van der Waals surface area contributed by atoms with Crippen LogP contribution in [0.15, 0.2) is 49.1 Å². The van der Waals surface area contributed by atoms with Crippen molar-refractivity contribution >= 4 is 16.7 Å². The fraction of sp³-hybridized carbons (Fsp3) is 0.238. The van der Waals surface area contributed by atoms with Crippen molar-refractivity contribution in [1.29, 1.82) is 0 Å². The number of H-pyrrole nitrogens is 1. The molecular weight excluding hydrogens is 354 g/mol. The normalized spacial score (nSPS) is 11.3. The van der Waals surface area contributed by atoms with Crippen molar-refractivity contribution in [2.24, 2.45) is 0 Å². The van der Waals surface area contributed by atoms with Gasteiger partial charge < -0.3 is 4.74 Å². The third-order valence-corrected chi connectivity index (χ3v) is 4.66. The van der Waals surface area contributed by atoms with E-state index in [9.17, 15) is 4.79 Å². The molecule has 0 spiro atoms. The highest BCUT2D eigenvalue weighted by Crippen LogP contribution is 2.27. The smallest absolute Gasteiger partial charge is 0.188 e. The van der Waals surface area contributed by atoms with E-state index in [2.05, 4.69) is 34.1 Å². The first-order valence-corrected chi connectivity index (χ1v) is 9.09. The molecule has 0 fully saturated rings. The van der Waals surface area contributed by atoms with E-state index in [0.29, 0.717) is 11.4 Å². The minimum atomic E-state index is -0.0367. The Bertz CT molecular complexity index is 1140. The number of hydrogen-bond donors (Lipinski definition) is 1. The second kappa shape index (κ2) is 7.26. The van der Waals surface area contributed by atoms with Crippen LogP contribution in [0, 0.1) is 0 Å². The van der Waals surface area contributed by atoms with Crippen LogP contribution in [0.25, 0.3) is 22.0 Å². The highest BCUT2D eigenvalue weighted by Gasteiger charge is 2.16. The summed E-state index contributed by atoms with van der Waals surface area (Å²) in [7, 11) is 1.61. The van der Waals surface area contributed by atoms with Gasteiger partial charge in [0, 0.05) is 35.8 Å². The molecule has 28 heavy (non-hydrogen) atoms. The highest BCUT2D eigenvalue weighted by atomic mass is 16.5. The number of benzene rings is 1. The average molecular weight is 375 g/mol. The van der Waals surface area contributed by atoms with Crippen molar-refractivity contribution in [2.75, 3.05) is 7.11 Å². The van der Waals surface area contributed by atoms with E-state index in [4.69, 9.17) is 4.74 Å². The minimum absolute atomic E-state index is 0.0367. The lowest BCUT2D eigenvalue weighted by atomic mass is 10.0. The monoisotopic (exact) mass is 375 g/mol. The Balaban J connectivity index is 1.61. The van der Waals surface area contributed by atoms with Crippen LogP contribution in [0.3, 0.4) is 0 Å². The first-order valence-electron chi connectivity index (χ1n) is 9.09. The molecule has 0 aliphatic carbocycles. The molecule has 0 saturated carbocycles. The maximum atomic E-state index is 12.8. The summed E-state index contributed by atoms with van der Waals surface area (Å²) in [5, 5.41) is 12.3. The van der Waals surface area contributed by atoms with Crippen molar-refractivity contribution in [2.45, 2.75) is 26.3 Å². The van der Waals surface area contributed by atoms with Gasteiger partial charge >= 0.3 is 0 Å². The number of carbonyl (C=O) groups excluding carboxylic acids is 1. The summed E-state index contributed by atoms with van der Waals surface area (Å²) >= 11 is 0. The number of methoxy groups -OCH3 is 1. The Morgan fingerprint density at radius 2 is 2.04 bits per heavy atom. The van der Waals surface area contributed by atoms with Gasteiger partial charge in [-0.25, -0.2) is 0 Å². The van der Waals surface area contributed by atoms with Gasteiger partial charge in [0.05, 0.1) is 25.0 Å². The molecular formula is C21H21N5O2. The Kier molecular flexibility index (Phi) is 4.65. The van der Waals surface area contributed by atoms with E-state index < -0.39 is 0 Å². The van der Waals surface area contributed by atoms with Gasteiger partial charge in [-0.2, -0.15) is 10.2 Å². The topological polar surface area (TPSA) is 85.7 Å². The zero-order chi connectivity index (χ0) is 19.7. The standard InChI is InChI=1S/C21H21N5O2/c1-13(2)26-12-14(9-23-26)6-20(27)21-18-5-4-15(8-19(18)24-25-21)16-7-17(28-3)11-22-10-16/h4-5,7-13H,6H2,1-3H3,(H,24,25). The Morgan fingerprint density at radius 1 is 1.18 bits per heavy atom. The summed E-state index contributed by atoms with van der Waals surface area (Å²) < 4.78 is 7.09. The van der Waals surface area contributed by atoms with Gasteiger partial charge in [0.2, 0.25) is 0 Å². The van der Waals surface area contributed by atoms with Crippen molar-refractivity contribution < 1.29 is 9.53 Å². The summed E-state index contributed by atoms with van der Waals surface area (Å²) in [6.45, 7) is 4.10. The number of ether oxygens (including phenoxy) is 1. The molecule has 4 rings (SSSR count). The molecule has 1 aromatic carbocycles. The lowest BCUT2D eigenvalue weighted by molar-refractivity contribution is 0.0989. The summed E-state index contributed by atoms with van der Waals surface area (Å²) in [4.78, 5) is 17.0. The summed E-state index contributed by atoms with van der Waals surface area (Å²) in [6, 6.07) is 8.02. The maximum absolute atomic E-state index is 12.8. The van der Waals surface area contributed by atoms with Crippen LogP contribution >= 0.6 is 0 Å². The zero-order valence-electron chi connectivity index (χ0n) is 16.0. The van der Waals surface area contributed by atoms with E-state index >= 15 is 0 Å². The molecule has 0 saturated heterocycles. The first kappa shape index (κ1) is 17.9. The van der Waals surface area contributed by atoms with Crippen molar-refractivity contribution in [3.05, 3.63) is 60.3 Å². The number of fused-ring (bicyclic) bond motifs is 1. The number of pyridine rings is 1. The molecule has 0 aliphatic heterocycles. The van der Waals surface area contributed by atoms with Gasteiger partial charge in [0.15, 0.2) is 5.78 Å². The van der Waals surface area contributed by atoms with E-state index in [1.54, 1.807) is 25.7 Å². The number of nitrogens with one attached hydrogen (secondary N) is 1. The van der Waals surface area contributed by atoms with Crippen LogP contribution in [-0.2, 0) is 6.42 Å². The van der Waals surface area contributed by atoms with Crippen molar-refractivity contribution in [3.8, 4) is 16.9 Å². The Morgan fingerprint density at radius 3 is 2.79 bits per heavy atom. The van der Waals surface area contributed by atoms with E-state index in [1.807, 2.05) is 35.1 Å². The van der Waals surface area contributed by atoms with Gasteiger partial charge in [-0.3, -0.25) is 19.6 Å². The third-order valence-electron chi connectivity index (χ3n) is 4.66. The Hall–Kier alpha value is -3.48. The lowest BCUT2D eigenvalue weighted by Gasteiger charge is -2.04. The molecule has 1 N–H and O–H groups in total. The zero-order valence-corrected chi connectivity index (χ0v) is 16.0. The molecule has 0 unspecified atom stereocenters. The van der Waals surface area contributed by atoms with Gasteiger partial charge in [-0.05, 0) is 43.2 Å². The third kappa shape index (κ3) is 3.38. The molecule has 3 heterocycles. The Labute approximate surface area is 162 Å². The number of aromatic nitrogens is 5. The fourth-order valence-electron chi connectivity index (χ4n) is 3.12. The second-order valence-electron chi connectivity index (χ2n) is 6.97. The van der Waals surface area contributed by atoms with Crippen LogP contribution in [0.1, 0.15) is 35.9 Å². The van der Waals surface area contributed by atoms with Gasteiger partial charge in [-0.15, -0.1) is 0 Å². The molecule has 142 valence electrons. The van der Waals surface area contributed by atoms with Crippen LogP contribution in [0.4, 0.5) is 0 Å². The summed E-state index contributed by atoms with van der Waals surface area (Å²) in [6.07, 6.45) is 7.36. The largest absolute Gasteiger partial charge is 0.495 e. The molecule has 0 radical (unpaired) electrons. The molecule has 0 aliphatic rings. The van der Waals surface area contributed by atoms with Crippen LogP contribution < -0.4 is 4.74 Å². The van der Waals surface area contributed by atoms with Gasteiger partial charge in [0.1, 0.15) is 11.4 Å². The number of Topliss-reactive ketones (excluding diaryl/α,β-unsaturated/α-hetero) is 1. The molecule has 0 bridgehead atoms.